The van der Waals surface area contributed by atoms with Gasteiger partial charge in [-0.3, -0.25) is 0 Å². The first-order valence-corrected chi connectivity index (χ1v) is 6.08. The molecule has 2 atom stereocenters. The Labute approximate surface area is 88.0 Å². The summed E-state index contributed by atoms with van der Waals surface area (Å²) in [6, 6.07) is 0. The van der Waals surface area contributed by atoms with E-state index in [9.17, 15) is 17.5 Å². The normalized spacial score (nSPS) is 15.3. The van der Waals surface area contributed by atoms with Crippen molar-refractivity contribution in [1.82, 2.24) is 0 Å². The maximum Gasteiger partial charge on any atom is 0.0842 e. The van der Waals surface area contributed by atoms with Gasteiger partial charge in [0.1, 0.15) is 0 Å². The Balaban J connectivity index is 2.99. The largest absolute Gasteiger partial charge is 0.750 e. The quantitative estimate of drug-likeness (QED) is 0.423. The maximum atomic E-state index is 9.90. The monoisotopic (exact) mass is 244 g/mol. The third kappa shape index (κ3) is 12.1. The molecule has 0 aliphatic heterocycles. The van der Waals surface area contributed by atoms with Crippen LogP contribution < -0.4 is 0 Å². The summed E-state index contributed by atoms with van der Waals surface area (Å²) in [4.78, 5) is 0. The zero-order valence-corrected chi connectivity index (χ0v) is 9.14. The van der Waals surface area contributed by atoms with Crippen LogP contribution in [0.2, 0.25) is 0 Å². The van der Waals surface area contributed by atoms with Gasteiger partial charge in [-0.1, -0.05) is 12.8 Å². The van der Waals surface area contributed by atoms with E-state index in [4.69, 9.17) is 0 Å². The summed E-state index contributed by atoms with van der Waals surface area (Å²) < 4.78 is 48.1. The van der Waals surface area contributed by atoms with Gasteiger partial charge in [-0.25, -0.2) is 8.42 Å². The van der Waals surface area contributed by atoms with Crippen LogP contribution in [0.5, 0.6) is 0 Å². The molecule has 0 aromatic heterocycles. The molecule has 0 heterocycles. The molecule has 0 aliphatic rings. The average molecular weight is 244 g/mol. The fourth-order valence-corrected chi connectivity index (χ4v) is 1.32. The number of hydrogen-bond acceptors (Lipinski definition) is 6. The van der Waals surface area contributed by atoms with Crippen LogP contribution in [0, 0.1) is 0 Å². The van der Waals surface area contributed by atoms with Gasteiger partial charge >= 0.3 is 0 Å². The molecule has 0 radical (unpaired) electrons. The molecule has 0 aliphatic carbocycles. The minimum Gasteiger partial charge on any atom is -0.750 e. The molecule has 6 nitrogen and oxygen atoms in total. The molecule has 0 aromatic rings. The highest BCUT2D eigenvalue weighted by Crippen LogP contribution is 2.01. The molecule has 0 fully saturated rings. The van der Waals surface area contributed by atoms with Crippen molar-refractivity contribution in [2.75, 3.05) is 13.2 Å². The second-order valence-electron chi connectivity index (χ2n) is 2.47. The zero-order chi connectivity index (χ0) is 10.8. The minimum absolute atomic E-state index is 0.171. The lowest BCUT2D eigenvalue weighted by atomic mass is 10.2. The molecular weight excluding hydrogens is 232 g/mol. The molecule has 0 rings (SSSR count). The highest BCUT2D eigenvalue weighted by Gasteiger charge is 1.92. The van der Waals surface area contributed by atoms with Gasteiger partial charge in [-0.05, 0) is 12.8 Å². The van der Waals surface area contributed by atoms with Crippen LogP contribution in [0.15, 0.2) is 0 Å². The fourth-order valence-electron chi connectivity index (χ4n) is 0.812. The lowest BCUT2D eigenvalue weighted by molar-refractivity contribution is 0.276. The van der Waals surface area contributed by atoms with E-state index < -0.39 is 22.7 Å². The first-order chi connectivity index (χ1) is 6.63. The van der Waals surface area contributed by atoms with Crippen LogP contribution in [0.1, 0.15) is 25.7 Å². The summed E-state index contributed by atoms with van der Waals surface area (Å²) in [5.41, 5.74) is 0. The second kappa shape index (κ2) is 9.69. The van der Waals surface area contributed by atoms with Crippen molar-refractivity contribution in [1.29, 1.82) is 0 Å². The number of hydrogen-bond donors (Lipinski definition) is 0. The van der Waals surface area contributed by atoms with Crippen LogP contribution in [-0.4, -0.2) is 30.7 Å². The fraction of sp³-hybridized carbons (Fsp3) is 1.00. The van der Waals surface area contributed by atoms with E-state index in [-0.39, 0.29) is 13.2 Å². The summed E-state index contributed by atoms with van der Waals surface area (Å²) in [7, 11) is 0. The number of unbranched alkanes of at least 4 members (excludes halogenated alkanes) is 3. The Kier molecular flexibility index (Phi) is 9.78. The van der Waals surface area contributed by atoms with Crippen molar-refractivity contribution >= 4 is 22.7 Å². The lowest BCUT2D eigenvalue weighted by Crippen LogP contribution is -1.99. The maximum absolute atomic E-state index is 9.90. The molecule has 0 aromatic carbocycles. The van der Waals surface area contributed by atoms with Crippen LogP contribution in [0.3, 0.4) is 0 Å². The first kappa shape index (κ1) is 14.1. The van der Waals surface area contributed by atoms with Gasteiger partial charge in [0.25, 0.3) is 0 Å². The van der Waals surface area contributed by atoms with Gasteiger partial charge in [-0.15, -0.1) is 0 Å². The van der Waals surface area contributed by atoms with E-state index in [0.717, 1.165) is 12.8 Å². The van der Waals surface area contributed by atoms with Crippen LogP contribution in [-0.2, 0) is 31.1 Å². The van der Waals surface area contributed by atoms with Gasteiger partial charge in [0.05, 0.1) is 35.9 Å². The van der Waals surface area contributed by atoms with Crippen molar-refractivity contribution in [3.05, 3.63) is 0 Å². The van der Waals surface area contributed by atoms with Crippen LogP contribution >= 0.6 is 0 Å². The summed E-state index contributed by atoms with van der Waals surface area (Å²) >= 11 is -4.87. The van der Waals surface area contributed by atoms with E-state index in [1.54, 1.807) is 0 Å². The molecule has 0 saturated heterocycles. The van der Waals surface area contributed by atoms with E-state index in [0.29, 0.717) is 12.8 Å². The summed E-state index contributed by atoms with van der Waals surface area (Å²) in [6.45, 7) is 0.342. The molecule has 8 heteroatoms. The predicted octanol–water partition coefficient (Wildman–Crippen LogP) is 0.168. The molecule has 0 bridgehead atoms. The predicted molar refractivity (Wildman–Crippen MR) is 48.2 cm³/mol. The van der Waals surface area contributed by atoms with Crippen molar-refractivity contribution in [2.24, 2.45) is 0 Å². The van der Waals surface area contributed by atoms with Gasteiger partial charge in [-0.2, -0.15) is 0 Å². The Morgan fingerprint density at radius 1 is 0.786 bits per heavy atom. The molecule has 0 saturated carbocycles. The van der Waals surface area contributed by atoms with Gasteiger partial charge in [0.2, 0.25) is 0 Å². The molecule has 0 N–H and O–H groups in total. The lowest BCUT2D eigenvalue weighted by Gasteiger charge is -2.06. The highest BCUT2D eigenvalue weighted by atomic mass is 32.2. The summed E-state index contributed by atoms with van der Waals surface area (Å²) in [6.07, 6.45) is 2.83. The Morgan fingerprint density at radius 2 is 1.14 bits per heavy atom. The second-order valence-corrected chi connectivity index (χ2v) is 3.75. The van der Waals surface area contributed by atoms with E-state index in [2.05, 4.69) is 8.37 Å². The number of rotatable bonds is 9. The zero-order valence-electron chi connectivity index (χ0n) is 7.51. The first-order valence-electron chi connectivity index (χ1n) is 4.08. The Bertz CT molecular complexity index is 165. The van der Waals surface area contributed by atoms with Crippen LogP contribution in [0.25, 0.3) is 0 Å². The molecule has 2 unspecified atom stereocenters. The Morgan fingerprint density at radius 3 is 1.43 bits per heavy atom. The van der Waals surface area contributed by atoms with E-state index in [1.807, 2.05) is 0 Å². The summed E-state index contributed by atoms with van der Waals surface area (Å²) in [5, 5.41) is 0. The Hall–Kier alpha value is 0.140. The van der Waals surface area contributed by atoms with E-state index in [1.165, 1.54) is 0 Å². The van der Waals surface area contributed by atoms with Crippen molar-refractivity contribution in [2.45, 2.75) is 25.7 Å². The molecule has 86 valence electrons. The van der Waals surface area contributed by atoms with Crippen LogP contribution in [0.4, 0.5) is 0 Å². The molecule has 14 heavy (non-hydrogen) atoms. The average Bonchev–Trinajstić information content (AvgIpc) is 2.08. The SMILES string of the molecule is O=S([O-])OCCCCCCOS(=O)[O-]. The topological polar surface area (TPSA) is 98.7 Å². The molecular formula is C6H12O6S2-2. The van der Waals surface area contributed by atoms with Gasteiger partial charge in [0, 0.05) is 0 Å². The van der Waals surface area contributed by atoms with Gasteiger partial charge in [0.15, 0.2) is 0 Å². The third-order valence-electron chi connectivity index (χ3n) is 1.40. The van der Waals surface area contributed by atoms with E-state index >= 15 is 0 Å². The standard InChI is InChI=1S/C6H14O6S2/c7-13(8)11-5-3-1-2-4-6-12-14(9)10/h1-6H2,(H,7,8)(H,9,10)/p-2. The van der Waals surface area contributed by atoms with Crippen molar-refractivity contribution in [3.63, 3.8) is 0 Å². The highest BCUT2D eigenvalue weighted by molar-refractivity contribution is 7.74. The van der Waals surface area contributed by atoms with Crippen molar-refractivity contribution in [3.8, 4) is 0 Å². The molecule has 0 amide bonds. The van der Waals surface area contributed by atoms with Crippen molar-refractivity contribution < 1.29 is 25.9 Å². The smallest absolute Gasteiger partial charge is 0.0842 e. The minimum atomic E-state index is -2.44. The summed E-state index contributed by atoms with van der Waals surface area (Å²) in [5.74, 6) is 0. The molecule has 0 spiro atoms. The third-order valence-corrected chi connectivity index (χ3v) is 2.12. The van der Waals surface area contributed by atoms with Gasteiger partial charge < -0.3 is 17.5 Å².